The van der Waals surface area contributed by atoms with Crippen LogP contribution in [0.1, 0.15) is 25.0 Å². The van der Waals surface area contributed by atoms with Gasteiger partial charge in [0.25, 0.3) is 0 Å². The van der Waals surface area contributed by atoms with E-state index in [4.69, 9.17) is 0 Å². The van der Waals surface area contributed by atoms with Crippen LogP contribution in [0.4, 0.5) is 17.2 Å². The molecular formula is C26H29N7O. The van der Waals surface area contributed by atoms with Crippen molar-refractivity contribution in [2.75, 3.05) is 43.9 Å². The summed E-state index contributed by atoms with van der Waals surface area (Å²) in [5, 5.41) is 16.3. The van der Waals surface area contributed by atoms with E-state index in [-0.39, 0.29) is 11.4 Å². The molecule has 1 aliphatic rings. The van der Waals surface area contributed by atoms with Gasteiger partial charge in [0, 0.05) is 48.5 Å². The number of carbonyl (C=O) groups excluding carboxylic acids is 1. The Labute approximate surface area is 199 Å². The first-order valence-corrected chi connectivity index (χ1v) is 11.3. The van der Waals surface area contributed by atoms with E-state index in [2.05, 4.69) is 63.9 Å². The molecule has 1 fully saturated rings. The molecule has 2 N–H and O–H groups in total. The molecule has 2 aromatic carbocycles. The first-order chi connectivity index (χ1) is 16.3. The maximum Gasteiger partial charge on any atom is 0.247 e. The molecule has 0 spiro atoms. The molecule has 1 aliphatic heterocycles. The Morgan fingerprint density at radius 1 is 1.18 bits per heavy atom. The number of carbonyl (C=O) groups is 1. The molecule has 8 nitrogen and oxygen atoms in total. The van der Waals surface area contributed by atoms with Crippen molar-refractivity contribution in [3.8, 4) is 6.07 Å². The minimum absolute atomic E-state index is 0.275. The molecule has 0 saturated carbocycles. The standard InChI is InChI=1S/C26H29N7O/c1-5-24(34)31-23-14-20-22(15-21(23)26(2,3)33-11-9-32(4)10-12-33)28-17-29-25(20)30-19-8-6-7-18(13-19)16-27/h5-8,13-15,17H,1,9-12H2,2-4H3,(H,31,34)(H,28,29,30). The molecule has 0 radical (unpaired) electrons. The van der Waals surface area contributed by atoms with E-state index in [1.54, 1.807) is 12.1 Å². The second-order valence-corrected chi connectivity index (χ2v) is 9.00. The van der Waals surface area contributed by atoms with E-state index in [1.807, 2.05) is 24.3 Å². The SMILES string of the molecule is C=CC(=O)Nc1cc2c(Nc3cccc(C#N)c3)ncnc2cc1C(C)(C)N1CCN(C)CC1. The fourth-order valence-electron chi connectivity index (χ4n) is 4.34. The summed E-state index contributed by atoms with van der Waals surface area (Å²) < 4.78 is 0. The van der Waals surface area contributed by atoms with Crippen LogP contribution in [0.15, 0.2) is 55.4 Å². The number of anilines is 3. The monoisotopic (exact) mass is 455 g/mol. The van der Waals surface area contributed by atoms with E-state index in [0.717, 1.165) is 48.3 Å². The third kappa shape index (κ3) is 4.76. The lowest BCUT2D eigenvalue weighted by molar-refractivity contribution is -0.111. The molecular weight excluding hydrogens is 426 g/mol. The summed E-state index contributed by atoms with van der Waals surface area (Å²) in [6.07, 6.45) is 2.79. The van der Waals surface area contributed by atoms with Crippen LogP contribution in [-0.4, -0.2) is 58.9 Å². The summed E-state index contributed by atoms with van der Waals surface area (Å²) in [5.74, 6) is 0.320. The maximum absolute atomic E-state index is 12.3. The number of likely N-dealkylation sites (N-methyl/N-ethyl adjacent to an activating group) is 1. The minimum atomic E-state index is -0.334. The van der Waals surface area contributed by atoms with Crippen LogP contribution < -0.4 is 10.6 Å². The van der Waals surface area contributed by atoms with Crippen molar-refractivity contribution in [2.24, 2.45) is 0 Å². The van der Waals surface area contributed by atoms with Crippen LogP contribution in [0.2, 0.25) is 0 Å². The number of fused-ring (bicyclic) bond motifs is 1. The van der Waals surface area contributed by atoms with Gasteiger partial charge in [0.1, 0.15) is 12.1 Å². The van der Waals surface area contributed by atoms with Gasteiger partial charge in [-0.2, -0.15) is 5.26 Å². The molecule has 1 saturated heterocycles. The highest BCUT2D eigenvalue weighted by atomic mass is 16.1. The molecule has 1 amide bonds. The zero-order valence-corrected chi connectivity index (χ0v) is 19.8. The first kappa shape index (κ1) is 23.4. The van der Waals surface area contributed by atoms with Crippen LogP contribution >= 0.6 is 0 Å². The summed E-state index contributed by atoms with van der Waals surface area (Å²) in [6, 6.07) is 13.3. The summed E-state index contributed by atoms with van der Waals surface area (Å²) in [7, 11) is 2.13. The van der Waals surface area contributed by atoms with Crippen molar-refractivity contribution in [1.29, 1.82) is 5.26 Å². The van der Waals surface area contributed by atoms with Crippen molar-refractivity contribution < 1.29 is 4.79 Å². The molecule has 0 atom stereocenters. The number of hydrogen-bond acceptors (Lipinski definition) is 7. The number of hydrogen-bond donors (Lipinski definition) is 2. The van der Waals surface area contributed by atoms with Crippen LogP contribution in [0, 0.1) is 11.3 Å². The van der Waals surface area contributed by atoms with Crippen molar-refractivity contribution in [1.82, 2.24) is 19.8 Å². The zero-order chi connectivity index (χ0) is 24.3. The van der Waals surface area contributed by atoms with Gasteiger partial charge in [-0.1, -0.05) is 12.6 Å². The number of piperazine rings is 1. The average molecular weight is 456 g/mol. The van der Waals surface area contributed by atoms with Gasteiger partial charge in [-0.15, -0.1) is 0 Å². The predicted octanol–water partition coefficient (Wildman–Crippen LogP) is 3.85. The Bertz CT molecular complexity index is 1270. The van der Waals surface area contributed by atoms with Crippen LogP contribution in [0.25, 0.3) is 10.9 Å². The molecule has 1 aromatic heterocycles. The lowest BCUT2D eigenvalue weighted by Gasteiger charge is -2.44. The third-order valence-corrected chi connectivity index (χ3v) is 6.43. The van der Waals surface area contributed by atoms with Gasteiger partial charge in [0.2, 0.25) is 5.91 Å². The Morgan fingerprint density at radius 2 is 1.94 bits per heavy atom. The number of nitrogens with one attached hydrogen (secondary N) is 2. The van der Waals surface area contributed by atoms with Crippen molar-refractivity contribution in [3.05, 3.63) is 66.5 Å². The number of nitriles is 1. The number of benzene rings is 2. The van der Waals surface area contributed by atoms with Gasteiger partial charge in [-0.3, -0.25) is 9.69 Å². The highest BCUT2D eigenvalue weighted by Gasteiger charge is 2.33. The summed E-state index contributed by atoms with van der Waals surface area (Å²) in [5.41, 5.74) is 3.42. The van der Waals surface area contributed by atoms with Crippen LogP contribution in [0.5, 0.6) is 0 Å². The average Bonchev–Trinajstić information content (AvgIpc) is 2.84. The third-order valence-electron chi connectivity index (χ3n) is 6.43. The van der Waals surface area contributed by atoms with E-state index in [0.29, 0.717) is 17.1 Å². The largest absolute Gasteiger partial charge is 0.340 e. The summed E-state index contributed by atoms with van der Waals surface area (Å²) in [4.78, 5) is 26.1. The van der Waals surface area contributed by atoms with Crippen LogP contribution in [0.3, 0.4) is 0 Å². The molecule has 0 aliphatic carbocycles. The smallest absolute Gasteiger partial charge is 0.247 e. The second kappa shape index (κ2) is 9.59. The van der Waals surface area contributed by atoms with Gasteiger partial charge in [0.05, 0.1) is 17.1 Å². The van der Waals surface area contributed by atoms with E-state index in [9.17, 15) is 10.1 Å². The quantitative estimate of drug-likeness (QED) is 0.545. The Morgan fingerprint density at radius 3 is 2.65 bits per heavy atom. The molecule has 174 valence electrons. The lowest BCUT2D eigenvalue weighted by Crippen LogP contribution is -2.52. The fourth-order valence-corrected chi connectivity index (χ4v) is 4.34. The van der Waals surface area contributed by atoms with Crippen LogP contribution in [-0.2, 0) is 10.3 Å². The van der Waals surface area contributed by atoms with E-state index >= 15 is 0 Å². The topological polar surface area (TPSA) is 97.2 Å². The van der Waals surface area contributed by atoms with Gasteiger partial charge in [-0.05, 0) is 62.9 Å². The summed E-state index contributed by atoms with van der Waals surface area (Å²) >= 11 is 0. The Kier molecular flexibility index (Phi) is 6.59. The van der Waals surface area contributed by atoms with Gasteiger partial charge >= 0.3 is 0 Å². The molecule has 4 rings (SSSR count). The van der Waals surface area contributed by atoms with E-state index in [1.165, 1.54) is 12.4 Å². The highest BCUT2D eigenvalue weighted by Crippen LogP contribution is 2.38. The normalized spacial score (nSPS) is 15.0. The van der Waals surface area contributed by atoms with E-state index < -0.39 is 0 Å². The second-order valence-electron chi connectivity index (χ2n) is 9.00. The lowest BCUT2D eigenvalue weighted by atomic mass is 9.88. The number of nitrogens with zero attached hydrogens (tertiary/aromatic N) is 5. The zero-order valence-electron chi connectivity index (χ0n) is 19.8. The molecule has 0 unspecified atom stereocenters. The molecule has 34 heavy (non-hydrogen) atoms. The number of amides is 1. The number of aromatic nitrogens is 2. The predicted molar refractivity (Wildman–Crippen MR) is 135 cm³/mol. The number of rotatable bonds is 6. The molecule has 3 aromatic rings. The molecule has 2 heterocycles. The van der Waals surface area contributed by atoms with Gasteiger partial charge in [-0.25, -0.2) is 9.97 Å². The fraction of sp³-hybridized carbons (Fsp3) is 0.308. The van der Waals surface area contributed by atoms with Gasteiger partial charge in [0.15, 0.2) is 0 Å². The first-order valence-electron chi connectivity index (χ1n) is 11.3. The van der Waals surface area contributed by atoms with Crippen molar-refractivity contribution in [3.63, 3.8) is 0 Å². The Hall–Kier alpha value is -3.80. The Balaban J connectivity index is 1.80. The van der Waals surface area contributed by atoms with Crippen molar-refractivity contribution >= 4 is 34.0 Å². The summed E-state index contributed by atoms with van der Waals surface area (Å²) in [6.45, 7) is 11.8. The minimum Gasteiger partial charge on any atom is -0.340 e. The maximum atomic E-state index is 12.3. The molecule has 0 bridgehead atoms. The van der Waals surface area contributed by atoms with Crippen molar-refractivity contribution in [2.45, 2.75) is 19.4 Å². The molecule has 8 heteroatoms. The highest BCUT2D eigenvalue weighted by molar-refractivity contribution is 6.02. The van der Waals surface area contributed by atoms with Gasteiger partial charge < -0.3 is 15.5 Å².